The Hall–Kier alpha value is -1.50. The van der Waals surface area contributed by atoms with Crippen LogP contribution < -0.4 is 0 Å². The van der Waals surface area contributed by atoms with Crippen molar-refractivity contribution in [3.8, 4) is 0 Å². The molecule has 1 heterocycles. The molecule has 21 heavy (non-hydrogen) atoms. The van der Waals surface area contributed by atoms with Gasteiger partial charge in [0.25, 0.3) is 0 Å². The van der Waals surface area contributed by atoms with E-state index in [4.69, 9.17) is 0 Å². The minimum atomic E-state index is -0.793. The number of aliphatic hydroxyl groups excluding tert-OH is 2. The third kappa shape index (κ3) is 3.78. The van der Waals surface area contributed by atoms with Crippen LogP contribution >= 0.6 is 15.9 Å². The highest BCUT2D eigenvalue weighted by atomic mass is 79.9. The summed E-state index contributed by atoms with van der Waals surface area (Å²) < 4.78 is 16.7. The predicted octanol–water partition coefficient (Wildman–Crippen LogP) is 3.24. The van der Waals surface area contributed by atoms with Crippen LogP contribution in [0.2, 0.25) is 0 Å². The van der Waals surface area contributed by atoms with E-state index in [1.807, 2.05) is 0 Å². The summed E-state index contributed by atoms with van der Waals surface area (Å²) in [4.78, 5) is 4.02. The molecule has 0 saturated heterocycles. The lowest BCUT2D eigenvalue weighted by Crippen LogP contribution is -2.15. The predicted molar refractivity (Wildman–Crippen MR) is 82.2 cm³/mol. The van der Waals surface area contributed by atoms with Crippen LogP contribution in [-0.4, -0.2) is 26.4 Å². The zero-order valence-corrected chi connectivity index (χ0v) is 13.0. The van der Waals surface area contributed by atoms with Crippen molar-refractivity contribution in [1.82, 2.24) is 9.55 Å². The van der Waals surface area contributed by atoms with Gasteiger partial charge >= 0.3 is 0 Å². The number of rotatable bonds is 5. The van der Waals surface area contributed by atoms with Gasteiger partial charge in [0.05, 0.1) is 12.6 Å². The second-order valence-electron chi connectivity index (χ2n) is 4.64. The summed E-state index contributed by atoms with van der Waals surface area (Å²) in [6, 6.07) is 6.16. The summed E-state index contributed by atoms with van der Waals surface area (Å²) in [5, 5.41) is 19.1. The van der Waals surface area contributed by atoms with Gasteiger partial charge in [0.1, 0.15) is 17.8 Å². The van der Waals surface area contributed by atoms with Crippen LogP contribution in [0.1, 0.15) is 30.5 Å². The van der Waals surface area contributed by atoms with Crippen LogP contribution in [0.4, 0.5) is 4.39 Å². The molecule has 0 bridgehead atoms. The molecule has 0 radical (unpaired) electrons. The summed E-state index contributed by atoms with van der Waals surface area (Å²) in [5.74, 6) is -0.0549. The molecule has 0 aliphatic heterocycles. The first-order valence-corrected chi connectivity index (χ1v) is 7.27. The maximum absolute atomic E-state index is 14.3. The van der Waals surface area contributed by atoms with Gasteiger partial charge in [0.2, 0.25) is 0 Å². The van der Waals surface area contributed by atoms with Gasteiger partial charge in [-0.3, -0.25) is 0 Å². The van der Waals surface area contributed by atoms with Crippen LogP contribution in [0.3, 0.4) is 0 Å². The van der Waals surface area contributed by atoms with E-state index in [-0.39, 0.29) is 6.61 Å². The largest absolute Gasteiger partial charge is 0.394 e. The van der Waals surface area contributed by atoms with Crippen LogP contribution in [0.15, 0.2) is 47.2 Å². The number of benzene rings is 1. The fourth-order valence-electron chi connectivity index (χ4n) is 2.02. The van der Waals surface area contributed by atoms with Crippen LogP contribution in [-0.2, 0) is 0 Å². The first-order chi connectivity index (χ1) is 10.0. The van der Waals surface area contributed by atoms with Crippen LogP contribution in [0, 0.1) is 0 Å². The Morgan fingerprint density at radius 1 is 1.43 bits per heavy atom. The average molecular weight is 355 g/mol. The second kappa shape index (κ2) is 6.98. The molecule has 0 fully saturated rings. The highest BCUT2D eigenvalue weighted by Crippen LogP contribution is 2.24. The van der Waals surface area contributed by atoms with E-state index in [0.29, 0.717) is 11.4 Å². The molecule has 0 aliphatic rings. The Bertz CT molecular complexity index is 623. The van der Waals surface area contributed by atoms with E-state index in [0.717, 1.165) is 4.47 Å². The lowest BCUT2D eigenvalue weighted by atomic mass is 10.1. The Morgan fingerprint density at radius 2 is 2.10 bits per heavy atom. The number of imidazole rings is 1. The van der Waals surface area contributed by atoms with Gasteiger partial charge in [-0.25, -0.2) is 9.37 Å². The van der Waals surface area contributed by atoms with E-state index >= 15 is 0 Å². The van der Waals surface area contributed by atoms with E-state index in [1.165, 1.54) is 12.3 Å². The molecule has 4 nitrogen and oxygen atoms in total. The average Bonchev–Trinajstić information content (AvgIpc) is 2.94. The molecular weight excluding hydrogens is 339 g/mol. The summed E-state index contributed by atoms with van der Waals surface area (Å²) in [5.41, 5.74) is 0.426. The molecule has 0 aliphatic carbocycles. The molecule has 0 unspecified atom stereocenters. The van der Waals surface area contributed by atoms with Crippen molar-refractivity contribution < 1.29 is 14.6 Å². The quantitative estimate of drug-likeness (QED) is 0.866. The van der Waals surface area contributed by atoms with Crippen molar-refractivity contribution in [3.05, 3.63) is 58.6 Å². The molecule has 2 atom stereocenters. The Labute approximate surface area is 130 Å². The lowest BCUT2D eigenvalue weighted by Gasteiger charge is -2.16. The third-order valence-corrected chi connectivity index (χ3v) is 3.60. The number of hydrogen-bond donors (Lipinski definition) is 2. The third-order valence-electron chi connectivity index (χ3n) is 3.08. The van der Waals surface area contributed by atoms with Crippen LogP contribution in [0.5, 0.6) is 0 Å². The van der Waals surface area contributed by atoms with E-state index in [9.17, 15) is 14.6 Å². The normalized spacial score (nSPS) is 15.0. The lowest BCUT2D eigenvalue weighted by molar-refractivity contribution is 0.175. The van der Waals surface area contributed by atoms with Crippen molar-refractivity contribution in [2.45, 2.75) is 19.1 Å². The summed E-state index contributed by atoms with van der Waals surface area (Å²) in [6.45, 7) is 1.28. The maximum atomic E-state index is 14.3. The molecule has 2 aromatic rings. The molecule has 1 aromatic carbocycles. The highest BCUT2D eigenvalue weighted by Gasteiger charge is 2.16. The summed E-state index contributed by atoms with van der Waals surface area (Å²) in [7, 11) is 0. The minimum Gasteiger partial charge on any atom is -0.394 e. The Morgan fingerprint density at radius 3 is 2.67 bits per heavy atom. The van der Waals surface area contributed by atoms with Crippen LogP contribution in [0.25, 0.3) is 5.83 Å². The van der Waals surface area contributed by atoms with E-state index in [2.05, 4.69) is 20.9 Å². The SMILES string of the molecule is C[C@H](O)c1nccn1[C@@H](/C=C(\F)c1ccc(Br)cc1)CO. The zero-order valence-electron chi connectivity index (χ0n) is 11.4. The van der Waals surface area contributed by atoms with Crippen molar-refractivity contribution in [2.75, 3.05) is 6.61 Å². The van der Waals surface area contributed by atoms with Gasteiger partial charge in [0, 0.05) is 22.4 Å². The van der Waals surface area contributed by atoms with Gasteiger partial charge in [-0.05, 0) is 25.1 Å². The molecule has 0 saturated carbocycles. The van der Waals surface area contributed by atoms with Gasteiger partial charge < -0.3 is 14.8 Å². The second-order valence-corrected chi connectivity index (χ2v) is 5.56. The van der Waals surface area contributed by atoms with Gasteiger partial charge in [-0.2, -0.15) is 0 Å². The molecule has 112 valence electrons. The molecular formula is C15H16BrFN2O2. The fourth-order valence-corrected chi connectivity index (χ4v) is 2.29. The fraction of sp³-hybridized carbons (Fsp3) is 0.267. The molecule has 1 aromatic heterocycles. The van der Waals surface area contributed by atoms with E-state index in [1.54, 1.807) is 42.0 Å². The standard InChI is InChI=1S/C15H16BrFN2O2/c1-10(21)15-18-6-7-19(15)13(9-20)8-14(17)11-2-4-12(16)5-3-11/h2-8,10,13,20-21H,9H2,1H3/b14-8-/t10-,13-/m0/s1. The zero-order chi connectivity index (χ0) is 15.4. The molecule has 2 N–H and O–H groups in total. The van der Waals surface area contributed by atoms with Crippen molar-refractivity contribution in [2.24, 2.45) is 0 Å². The number of hydrogen-bond acceptors (Lipinski definition) is 3. The number of aromatic nitrogens is 2. The first kappa shape index (κ1) is 15.9. The first-order valence-electron chi connectivity index (χ1n) is 6.48. The maximum Gasteiger partial charge on any atom is 0.137 e. The molecule has 0 amide bonds. The van der Waals surface area contributed by atoms with Gasteiger partial charge in [-0.1, -0.05) is 28.1 Å². The van der Waals surface area contributed by atoms with Crippen molar-refractivity contribution in [3.63, 3.8) is 0 Å². The molecule has 2 rings (SSSR count). The monoisotopic (exact) mass is 354 g/mol. The van der Waals surface area contributed by atoms with Crippen molar-refractivity contribution >= 4 is 21.8 Å². The topological polar surface area (TPSA) is 58.3 Å². The van der Waals surface area contributed by atoms with Gasteiger partial charge in [0.15, 0.2) is 0 Å². The summed E-state index contributed by atoms with van der Waals surface area (Å²) in [6.07, 6.45) is 3.64. The summed E-state index contributed by atoms with van der Waals surface area (Å²) >= 11 is 3.29. The number of nitrogens with zero attached hydrogens (tertiary/aromatic N) is 2. The van der Waals surface area contributed by atoms with E-state index < -0.39 is 18.0 Å². The number of aliphatic hydroxyl groups is 2. The highest BCUT2D eigenvalue weighted by molar-refractivity contribution is 9.10. The Kier molecular flexibility index (Phi) is 5.27. The Balaban J connectivity index is 2.31. The number of halogens is 2. The van der Waals surface area contributed by atoms with Crippen molar-refractivity contribution in [1.29, 1.82) is 0 Å². The van der Waals surface area contributed by atoms with Gasteiger partial charge in [-0.15, -0.1) is 0 Å². The molecule has 0 spiro atoms. The minimum absolute atomic E-state index is 0.292. The smallest absolute Gasteiger partial charge is 0.137 e. The molecule has 6 heteroatoms.